The van der Waals surface area contributed by atoms with Gasteiger partial charge in [-0.25, -0.2) is 4.79 Å². The van der Waals surface area contributed by atoms with Crippen LogP contribution in [0.1, 0.15) is 49.8 Å². The first kappa shape index (κ1) is 21.1. The lowest BCUT2D eigenvalue weighted by Crippen LogP contribution is -2.45. The molecule has 1 amide bonds. The Morgan fingerprint density at radius 3 is 2.62 bits per heavy atom. The van der Waals surface area contributed by atoms with Gasteiger partial charge in [-0.05, 0) is 42.5 Å². The van der Waals surface area contributed by atoms with E-state index in [-0.39, 0.29) is 30.8 Å². The SMILES string of the molecule is CC1C(C2CC2)Nc2ccc(OC3CCOCC3)cc2[C@@H]1NC(=O)OCc1ccccc1. The molecular formula is C26H32N2O4. The second-order valence-electron chi connectivity index (χ2n) is 9.23. The van der Waals surface area contributed by atoms with Crippen LogP contribution in [0.3, 0.4) is 0 Å². The van der Waals surface area contributed by atoms with Gasteiger partial charge in [0, 0.05) is 36.1 Å². The zero-order chi connectivity index (χ0) is 21.9. The van der Waals surface area contributed by atoms with Crippen LogP contribution in [0.4, 0.5) is 10.5 Å². The van der Waals surface area contributed by atoms with Gasteiger partial charge in [0.25, 0.3) is 0 Å². The van der Waals surface area contributed by atoms with Gasteiger partial charge in [0.2, 0.25) is 0 Å². The van der Waals surface area contributed by atoms with Crippen molar-refractivity contribution in [1.29, 1.82) is 0 Å². The van der Waals surface area contributed by atoms with Crippen molar-refractivity contribution in [3.63, 3.8) is 0 Å². The van der Waals surface area contributed by atoms with E-state index < -0.39 is 0 Å². The Morgan fingerprint density at radius 2 is 1.88 bits per heavy atom. The van der Waals surface area contributed by atoms with Gasteiger partial charge in [-0.3, -0.25) is 0 Å². The third-order valence-electron chi connectivity index (χ3n) is 6.86. The minimum atomic E-state index is -0.385. The van der Waals surface area contributed by atoms with Crippen LogP contribution in [0.5, 0.6) is 5.75 Å². The highest BCUT2D eigenvalue weighted by molar-refractivity contribution is 5.70. The van der Waals surface area contributed by atoms with Crippen molar-refractivity contribution >= 4 is 11.8 Å². The summed E-state index contributed by atoms with van der Waals surface area (Å²) in [6, 6.07) is 16.2. The Labute approximate surface area is 189 Å². The molecule has 2 unspecified atom stereocenters. The molecule has 2 aromatic carbocycles. The summed E-state index contributed by atoms with van der Waals surface area (Å²) in [6.45, 7) is 3.97. The second kappa shape index (κ2) is 9.41. The quantitative estimate of drug-likeness (QED) is 0.663. The minimum absolute atomic E-state index is 0.127. The average Bonchev–Trinajstić information content (AvgIpc) is 3.66. The van der Waals surface area contributed by atoms with Crippen LogP contribution in [-0.4, -0.2) is 31.5 Å². The molecule has 6 heteroatoms. The number of carbonyl (C=O) groups is 1. The van der Waals surface area contributed by atoms with Crippen molar-refractivity contribution in [2.75, 3.05) is 18.5 Å². The average molecular weight is 437 g/mol. The monoisotopic (exact) mass is 436 g/mol. The second-order valence-corrected chi connectivity index (χ2v) is 9.23. The number of ether oxygens (including phenoxy) is 3. The lowest BCUT2D eigenvalue weighted by molar-refractivity contribution is 0.0255. The fourth-order valence-electron chi connectivity index (χ4n) is 4.89. The molecular weight excluding hydrogens is 404 g/mol. The van der Waals surface area contributed by atoms with E-state index in [0.717, 1.165) is 48.6 Å². The van der Waals surface area contributed by atoms with Gasteiger partial charge in [0.15, 0.2) is 0 Å². The molecule has 2 aromatic rings. The summed E-state index contributed by atoms with van der Waals surface area (Å²) in [5.41, 5.74) is 3.12. The Hall–Kier alpha value is -2.73. The molecule has 0 aromatic heterocycles. The fourth-order valence-corrected chi connectivity index (χ4v) is 4.89. The van der Waals surface area contributed by atoms with Crippen molar-refractivity contribution < 1.29 is 19.0 Å². The predicted octanol–water partition coefficient (Wildman–Crippen LogP) is 5.05. The highest BCUT2D eigenvalue weighted by Crippen LogP contribution is 2.46. The minimum Gasteiger partial charge on any atom is -0.490 e. The van der Waals surface area contributed by atoms with E-state index in [1.54, 1.807) is 0 Å². The van der Waals surface area contributed by atoms with Gasteiger partial charge in [-0.15, -0.1) is 0 Å². The first-order chi connectivity index (χ1) is 15.7. The molecule has 2 fully saturated rings. The molecule has 170 valence electrons. The van der Waals surface area contributed by atoms with Gasteiger partial charge in [0.1, 0.15) is 18.5 Å². The lowest BCUT2D eigenvalue weighted by Gasteiger charge is -2.39. The Kier molecular flexibility index (Phi) is 6.21. The number of hydrogen-bond acceptors (Lipinski definition) is 5. The van der Waals surface area contributed by atoms with Crippen molar-refractivity contribution in [1.82, 2.24) is 5.32 Å². The van der Waals surface area contributed by atoms with Crippen molar-refractivity contribution in [2.24, 2.45) is 11.8 Å². The number of anilines is 1. The first-order valence-electron chi connectivity index (χ1n) is 11.8. The smallest absolute Gasteiger partial charge is 0.407 e. The standard InChI is InChI=1S/C26H32N2O4/c1-17-24(19-7-8-19)27-23-10-9-21(32-20-11-13-30-14-12-20)15-22(23)25(17)28-26(29)31-16-18-5-3-2-4-6-18/h2-6,9-10,15,17,19-20,24-25,27H,7-8,11-14,16H2,1H3,(H,28,29)/t17?,24?,25-/m1/s1. The lowest BCUT2D eigenvalue weighted by atomic mass is 9.81. The van der Waals surface area contributed by atoms with Crippen LogP contribution in [-0.2, 0) is 16.1 Å². The van der Waals surface area contributed by atoms with Crippen molar-refractivity contribution in [3.05, 3.63) is 59.7 Å². The van der Waals surface area contributed by atoms with Crippen molar-refractivity contribution in [3.8, 4) is 5.75 Å². The maximum atomic E-state index is 12.7. The predicted molar refractivity (Wildman–Crippen MR) is 123 cm³/mol. The van der Waals surface area contributed by atoms with Crippen LogP contribution in [0.25, 0.3) is 0 Å². The number of fused-ring (bicyclic) bond motifs is 1. The topological polar surface area (TPSA) is 68.8 Å². The molecule has 0 radical (unpaired) electrons. The van der Waals surface area contributed by atoms with Gasteiger partial charge < -0.3 is 24.8 Å². The van der Waals surface area contributed by atoms with Crippen LogP contribution >= 0.6 is 0 Å². The van der Waals surface area contributed by atoms with E-state index >= 15 is 0 Å². The first-order valence-corrected chi connectivity index (χ1v) is 11.8. The number of carbonyl (C=O) groups excluding carboxylic acids is 1. The van der Waals surface area contributed by atoms with E-state index in [9.17, 15) is 4.79 Å². The fraction of sp³-hybridized carbons (Fsp3) is 0.500. The number of amides is 1. The van der Waals surface area contributed by atoms with E-state index in [0.29, 0.717) is 12.0 Å². The molecule has 5 rings (SSSR count). The van der Waals surface area contributed by atoms with Gasteiger partial charge >= 0.3 is 6.09 Å². The maximum Gasteiger partial charge on any atom is 0.407 e. The Balaban J connectivity index is 1.32. The molecule has 0 spiro atoms. The molecule has 1 aliphatic carbocycles. The maximum absolute atomic E-state index is 12.7. The highest BCUT2D eigenvalue weighted by atomic mass is 16.5. The highest BCUT2D eigenvalue weighted by Gasteiger charge is 2.42. The van der Waals surface area contributed by atoms with Gasteiger partial charge in [-0.2, -0.15) is 0 Å². The summed E-state index contributed by atoms with van der Waals surface area (Å²) in [6.07, 6.45) is 4.09. The van der Waals surface area contributed by atoms with Gasteiger partial charge in [0.05, 0.1) is 19.3 Å². The molecule has 0 bridgehead atoms. The van der Waals surface area contributed by atoms with E-state index in [2.05, 4.69) is 29.7 Å². The molecule has 2 aliphatic heterocycles. The van der Waals surface area contributed by atoms with Crippen LogP contribution < -0.4 is 15.4 Å². The molecule has 3 aliphatic rings. The molecule has 2 N–H and O–H groups in total. The zero-order valence-corrected chi connectivity index (χ0v) is 18.6. The number of nitrogens with one attached hydrogen (secondary N) is 2. The molecule has 2 heterocycles. The summed E-state index contributed by atoms with van der Waals surface area (Å²) in [7, 11) is 0. The van der Waals surface area contributed by atoms with E-state index in [1.807, 2.05) is 36.4 Å². The summed E-state index contributed by atoms with van der Waals surface area (Å²) >= 11 is 0. The normalized spacial score (nSPS) is 25.3. The Bertz CT molecular complexity index is 925. The summed E-state index contributed by atoms with van der Waals surface area (Å²) in [4.78, 5) is 12.7. The Morgan fingerprint density at radius 1 is 1.09 bits per heavy atom. The third-order valence-corrected chi connectivity index (χ3v) is 6.86. The van der Waals surface area contributed by atoms with Gasteiger partial charge in [-0.1, -0.05) is 37.3 Å². The number of hydrogen-bond donors (Lipinski definition) is 2. The molecule has 32 heavy (non-hydrogen) atoms. The molecule has 1 saturated heterocycles. The van der Waals surface area contributed by atoms with Crippen LogP contribution in [0, 0.1) is 11.8 Å². The van der Waals surface area contributed by atoms with E-state index in [1.165, 1.54) is 12.8 Å². The number of benzene rings is 2. The number of rotatable bonds is 6. The summed E-state index contributed by atoms with van der Waals surface area (Å²) in [5, 5.41) is 6.89. The molecule has 3 atom stereocenters. The summed E-state index contributed by atoms with van der Waals surface area (Å²) in [5.74, 6) is 1.76. The zero-order valence-electron chi connectivity index (χ0n) is 18.6. The largest absolute Gasteiger partial charge is 0.490 e. The van der Waals surface area contributed by atoms with Crippen LogP contribution in [0.15, 0.2) is 48.5 Å². The van der Waals surface area contributed by atoms with Crippen molar-refractivity contribution in [2.45, 2.75) is 57.4 Å². The third kappa shape index (κ3) is 4.85. The molecule has 1 saturated carbocycles. The van der Waals surface area contributed by atoms with Crippen LogP contribution in [0.2, 0.25) is 0 Å². The molecule has 6 nitrogen and oxygen atoms in total. The number of alkyl carbamates (subject to hydrolysis) is 1. The van der Waals surface area contributed by atoms with E-state index in [4.69, 9.17) is 14.2 Å². The summed E-state index contributed by atoms with van der Waals surface area (Å²) < 4.78 is 17.2.